The molecule has 0 bridgehead atoms. The lowest BCUT2D eigenvalue weighted by molar-refractivity contribution is 0.0727. The van der Waals surface area contributed by atoms with E-state index in [-0.39, 0.29) is 11.7 Å². The third kappa shape index (κ3) is 2.18. The van der Waals surface area contributed by atoms with Crippen LogP contribution >= 0.6 is 0 Å². The third-order valence-electron chi connectivity index (χ3n) is 3.35. The molecule has 0 aromatic heterocycles. The fourth-order valence-electron chi connectivity index (χ4n) is 1.89. The molecule has 0 saturated heterocycles. The van der Waals surface area contributed by atoms with Crippen LogP contribution in [0, 0.1) is 5.92 Å². The number of aromatic hydroxyl groups is 1. The lowest BCUT2D eigenvalue weighted by Gasteiger charge is -2.24. The Morgan fingerprint density at radius 2 is 1.94 bits per heavy atom. The van der Waals surface area contributed by atoms with Gasteiger partial charge in [0.25, 0.3) is 5.91 Å². The fourth-order valence-corrected chi connectivity index (χ4v) is 1.89. The van der Waals surface area contributed by atoms with Crippen LogP contribution in [0.15, 0.2) is 24.3 Å². The van der Waals surface area contributed by atoms with Gasteiger partial charge >= 0.3 is 0 Å². The first-order valence-electron chi connectivity index (χ1n) is 5.66. The van der Waals surface area contributed by atoms with E-state index >= 15 is 0 Å². The number of nitrogens with zero attached hydrogens (tertiary/aromatic N) is 1. The maximum absolute atomic E-state index is 12.1. The number of benzene rings is 1. The van der Waals surface area contributed by atoms with Crippen LogP contribution in [0.5, 0.6) is 5.75 Å². The number of amides is 1. The highest BCUT2D eigenvalue weighted by Gasteiger charge is 2.32. The van der Waals surface area contributed by atoms with Crippen LogP contribution in [-0.2, 0) is 0 Å². The standard InChI is InChI=1S/C13H17NO2/c1-9(10-3-4-10)14(2)13(16)11-5-7-12(15)8-6-11/h5-10,15H,3-4H2,1-2H3. The van der Waals surface area contributed by atoms with Crippen LogP contribution in [-0.4, -0.2) is 29.0 Å². The van der Waals surface area contributed by atoms with Crippen LogP contribution in [0.25, 0.3) is 0 Å². The molecule has 0 heterocycles. The van der Waals surface area contributed by atoms with Gasteiger partial charge in [-0.3, -0.25) is 4.79 Å². The van der Waals surface area contributed by atoms with Crippen LogP contribution < -0.4 is 0 Å². The molecule has 1 fully saturated rings. The molecule has 1 aliphatic rings. The number of rotatable bonds is 3. The maximum Gasteiger partial charge on any atom is 0.253 e. The van der Waals surface area contributed by atoms with E-state index in [4.69, 9.17) is 5.11 Å². The Balaban J connectivity index is 2.08. The smallest absolute Gasteiger partial charge is 0.253 e. The SMILES string of the molecule is CC(C1CC1)N(C)C(=O)c1ccc(O)cc1. The van der Waals surface area contributed by atoms with E-state index in [0.717, 1.165) is 0 Å². The normalized spacial score (nSPS) is 16.9. The Bertz CT molecular complexity index is 381. The van der Waals surface area contributed by atoms with Gasteiger partial charge in [-0.15, -0.1) is 0 Å². The number of phenols is 1. The molecule has 3 heteroatoms. The van der Waals surface area contributed by atoms with E-state index in [9.17, 15) is 4.79 Å². The highest BCUT2D eigenvalue weighted by atomic mass is 16.3. The Labute approximate surface area is 95.7 Å². The van der Waals surface area contributed by atoms with Crippen molar-refractivity contribution in [3.05, 3.63) is 29.8 Å². The summed E-state index contributed by atoms with van der Waals surface area (Å²) in [6.07, 6.45) is 2.46. The van der Waals surface area contributed by atoms with Gasteiger partial charge < -0.3 is 10.0 Å². The molecule has 86 valence electrons. The summed E-state index contributed by atoms with van der Waals surface area (Å²) in [5.74, 6) is 0.889. The second-order valence-electron chi connectivity index (χ2n) is 4.54. The molecular formula is C13H17NO2. The zero-order valence-corrected chi connectivity index (χ0v) is 9.68. The zero-order valence-electron chi connectivity index (χ0n) is 9.68. The Hall–Kier alpha value is -1.51. The van der Waals surface area contributed by atoms with Crippen molar-refractivity contribution in [2.24, 2.45) is 5.92 Å². The van der Waals surface area contributed by atoms with Crippen molar-refractivity contribution < 1.29 is 9.90 Å². The first kappa shape index (κ1) is 11.0. The van der Waals surface area contributed by atoms with Crippen molar-refractivity contribution in [1.82, 2.24) is 4.90 Å². The van der Waals surface area contributed by atoms with Gasteiger partial charge in [0.2, 0.25) is 0 Å². The van der Waals surface area contributed by atoms with E-state index in [0.29, 0.717) is 17.5 Å². The molecule has 1 N–H and O–H groups in total. The molecule has 1 unspecified atom stereocenters. The number of carbonyl (C=O) groups is 1. The summed E-state index contributed by atoms with van der Waals surface area (Å²) in [5, 5.41) is 9.16. The maximum atomic E-state index is 12.1. The second-order valence-corrected chi connectivity index (χ2v) is 4.54. The number of hydrogen-bond acceptors (Lipinski definition) is 2. The molecule has 1 atom stereocenters. The van der Waals surface area contributed by atoms with Crippen molar-refractivity contribution in [2.45, 2.75) is 25.8 Å². The summed E-state index contributed by atoms with van der Waals surface area (Å²) in [6.45, 7) is 2.09. The molecule has 1 saturated carbocycles. The highest BCUT2D eigenvalue weighted by molar-refractivity contribution is 5.94. The number of phenolic OH excluding ortho intramolecular Hbond substituents is 1. The molecule has 3 nitrogen and oxygen atoms in total. The van der Waals surface area contributed by atoms with Crippen molar-refractivity contribution in [3.8, 4) is 5.75 Å². The molecule has 16 heavy (non-hydrogen) atoms. The minimum absolute atomic E-state index is 0.0272. The summed E-state index contributed by atoms with van der Waals surface area (Å²) < 4.78 is 0. The van der Waals surface area contributed by atoms with E-state index in [1.165, 1.54) is 12.8 Å². The van der Waals surface area contributed by atoms with Gasteiger partial charge in [0.15, 0.2) is 0 Å². The summed E-state index contributed by atoms with van der Waals surface area (Å²) >= 11 is 0. The highest BCUT2D eigenvalue weighted by Crippen LogP contribution is 2.35. The first-order chi connectivity index (χ1) is 7.59. The summed E-state index contributed by atoms with van der Waals surface area (Å²) in [5.41, 5.74) is 0.632. The van der Waals surface area contributed by atoms with Crippen molar-refractivity contribution in [3.63, 3.8) is 0 Å². The number of carbonyl (C=O) groups excluding carboxylic acids is 1. The fraction of sp³-hybridized carbons (Fsp3) is 0.462. The topological polar surface area (TPSA) is 40.5 Å². The Morgan fingerprint density at radius 3 is 2.44 bits per heavy atom. The van der Waals surface area contributed by atoms with Gasteiger partial charge in [0.05, 0.1) is 0 Å². The van der Waals surface area contributed by atoms with Crippen molar-refractivity contribution >= 4 is 5.91 Å². The van der Waals surface area contributed by atoms with Gasteiger partial charge in [0, 0.05) is 18.7 Å². The largest absolute Gasteiger partial charge is 0.508 e. The van der Waals surface area contributed by atoms with Crippen molar-refractivity contribution in [1.29, 1.82) is 0 Å². The molecule has 0 radical (unpaired) electrons. The lowest BCUT2D eigenvalue weighted by atomic mass is 10.1. The zero-order chi connectivity index (χ0) is 11.7. The minimum atomic E-state index is 0.0272. The van der Waals surface area contributed by atoms with Crippen molar-refractivity contribution in [2.75, 3.05) is 7.05 Å². The van der Waals surface area contributed by atoms with Gasteiger partial charge in [0.1, 0.15) is 5.75 Å². The molecular weight excluding hydrogens is 202 g/mol. The number of hydrogen-bond donors (Lipinski definition) is 1. The molecule has 0 aliphatic heterocycles. The molecule has 0 spiro atoms. The first-order valence-corrected chi connectivity index (χ1v) is 5.66. The molecule has 1 aliphatic carbocycles. The monoisotopic (exact) mass is 219 g/mol. The van der Waals surface area contributed by atoms with Gasteiger partial charge in [-0.25, -0.2) is 0 Å². The molecule has 2 rings (SSSR count). The van der Waals surface area contributed by atoms with Crippen LogP contribution in [0.2, 0.25) is 0 Å². The average molecular weight is 219 g/mol. The quantitative estimate of drug-likeness (QED) is 0.847. The molecule has 1 amide bonds. The third-order valence-corrected chi connectivity index (χ3v) is 3.35. The lowest BCUT2D eigenvalue weighted by Crippen LogP contribution is -2.36. The molecule has 1 aromatic rings. The summed E-state index contributed by atoms with van der Waals surface area (Å²) in [6, 6.07) is 6.72. The van der Waals surface area contributed by atoms with E-state index in [1.807, 2.05) is 7.05 Å². The van der Waals surface area contributed by atoms with E-state index in [1.54, 1.807) is 29.2 Å². The Kier molecular flexibility index (Phi) is 2.86. The predicted molar refractivity (Wildman–Crippen MR) is 62.4 cm³/mol. The Morgan fingerprint density at radius 1 is 1.38 bits per heavy atom. The summed E-state index contributed by atoms with van der Waals surface area (Å²) in [4.78, 5) is 13.9. The van der Waals surface area contributed by atoms with Gasteiger partial charge in [-0.2, -0.15) is 0 Å². The summed E-state index contributed by atoms with van der Waals surface area (Å²) in [7, 11) is 1.85. The minimum Gasteiger partial charge on any atom is -0.508 e. The van der Waals surface area contributed by atoms with E-state index < -0.39 is 0 Å². The predicted octanol–water partition coefficient (Wildman–Crippen LogP) is 2.26. The second kappa shape index (κ2) is 4.16. The van der Waals surface area contributed by atoms with Crippen LogP contribution in [0.3, 0.4) is 0 Å². The van der Waals surface area contributed by atoms with Gasteiger partial charge in [-0.05, 0) is 49.9 Å². The molecule has 1 aromatic carbocycles. The van der Waals surface area contributed by atoms with Crippen LogP contribution in [0.4, 0.5) is 0 Å². The average Bonchev–Trinajstić information content (AvgIpc) is 3.11. The van der Waals surface area contributed by atoms with Gasteiger partial charge in [-0.1, -0.05) is 0 Å². The van der Waals surface area contributed by atoms with E-state index in [2.05, 4.69) is 6.92 Å². The van der Waals surface area contributed by atoms with Crippen LogP contribution in [0.1, 0.15) is 30.1 Å².